The lowest BCUT2D eigenvalue weighted by Gasteiger charge is -2.11. The number of nitrogens with one attached hydrogen (secondary N) is 2. The molecule has 1 aliphatic heterocycles. The van der Waals surface area contributed by atoms with Gasteiger partial charge in [0.15, 0.2) is 9.84 Å². The van der Waals surface area contributed by atoms with Gasteiger partial charge in [0.2, 0.25) is 0 Å². The molecule has 24 heavy (non-hydrogen) atoms. The van der Waals surface area contributed by atoms with Crippen molar-refractivity contribution >= 4 is 32.5 Å². The number of hydrogen-bond donors (Lipinski definition) is 2. The molecule has 0 aliphatic carbocycles. The number of anilines is 1. The lowest BCUT2D eigenvalue weighted by Crippen LogP contribution is -2.34. The number of rotatable bonds is 5. The summed E-state index contributed by atoms with van der Waals surface area (Å²) in [5.41, 5.74) is 1.13. The molecule has 1 saturated heterocycles. The molecule has 2 aromatic rings. The van der Waals surface area contributed by atoms with Gasteiger partial charge in [-0.05, 0) is 38.0 Å². The van der Waals surface area contributed by atoms with Gasteiger partial charge in [0, 0.05) is 24.0 Å². The van der Waals surface area contributed by atoms with E-state index in [2.05, 4.69) is 20.6 Å². The molecule has 0 radical (unpaired) electrons. The van der Waals surface area contributed by atoms with Crippen LogP contribution in [0.3, 0.4) is 0 Å². The molecule has 1 fully saturated rings. The largest absolute Gasteiger partial charge is 0.370 e. The van der Waals surface area contributed by atoms with Crippen molar-refractivity contribution < 1.29 is 13.2 Å². The molecule has 0 saturated carbocycles. The summed E-state index contributed by atoms with van der Waals surface area (Å²) in [7, 11) is -3.06. The van der Waals surface area contributed by atoms with E-state index >= 15 is 0 Å². The Kier molecular flexibility index (Phi) is 4.66. The Balaban J connectivity index is 1.76. The highest BCUT2D eigenvalue weighted by molar-refractivity contribution is 7.92. The summed E-state index contributed by atoms with van der Waals surface area (Å²) in [4.78, 5) is 20.7. The van der Waals surface area contributed by atoms with Gasteiger partial charge in [0.05, 0.1) is 16.5 Å². The van der Waals surface area contributed by atoms with E-state index < -0.39 is 15.1 Å². The van der Waals surface area contributed by atoms with Crippen molar-refractivity contribution in [3.63, 3.8) is 0 Å². The molecule has 128 valence electrons. The van der Waals surface area contributed by atoms with E-state index in [1.807, 2.05) is 6.92 Å². The first-order valence-corrected chi connectivity index (χ1v) is 9.71. The number of carbonyl (C=O) groups excluding carboxylic acids is 1. The maximum absolute atomic E-state index is 12.3. The molecular weight excluding hydrogens is 328 g/mol. The summed E-state index contributed by atoms with van der Waals surface area (Å²) in [6, 6.07) is 5.19. The van der Waals surface area contributed by atoms with E-state index in [9.17, 15) is 13.2 Å². The van der Waals surface area contributed by atoms with Crippen LogP contribution in [0.15, 0.2) is 24.5 Å². The number of fused-ring (bicyclic) bond motifs is 1. The van der Waals surface area contributed by atoms with Crippen molar-refractivity contribution in [3.05, 3.63) is 30.1 Å². The van der Waals surface area contributed by atoms with Gasteiger partial charge in [0.1, 0.15) is 12.1 Å². The van der Waals surface area contributed by atoms with Gasteiger partial charge in [-0.2, -0.15) is 0 Å². The summed E-state index contributed by atoms with van der Waals surface area (Å²) in [5.74, 6) is 0.655. The predicted molar refractivity (Wildman–Crippen MR) is 92.8 cm³/mol. The van der Waals surface area contributed by atoms with Crippen molar-refractivity contribution in [2.24, 2.45) is 0 Å². The normalized spacial score (nSPS) is 19.3. The predicted octanol–water partition coefficient (Wildman–Crippen LogP) is 1.37. The quantitative estimate of drug-likeness (QED) is 0.846. The summed E-state index contributed by atoms with van der Waals surface area (Å²) < 4.78 is 23.6. The minimum atomic E-state index is -3.06. The summed E-state index contributed by atoms with van der Waals surface area (Å²) in [6.07, 6.45) is 2.73. The number of sulfone groups is 1. The average molecular weight is 348 g/mol. The second-order valence-electron chi connectivity index (χ2n) is 5.83. The molecule has 0 bridgehead atoms. The summed E-state index contributed by atoms with van der Waals surface area (Å²) in [6.45, 7) is 2.88. The van der Waals surface area contributed by atoms with Crippen molar-refractivity contribution in [2.45, 2.75) is 25.0 Å². The van der Waals surface area contributed by atoms with Crippen molar-refractivity contribution in [1.82, 2.24) is 15.3 Å². The minimum absolute atomic E-state index is 0.158. The third kappa shape index (κ3) is 3.33. The molecule has 1 amide bonds. The van der Waals surface area contributed by atoms with E-state index in [4.69, 9.17) is 0 Å². The monoisotopic (exact) mass is 348 g/mol. The van der Waals surface area contributed by atoms with Crippen molar-refractivity contribution in [1.29, 1.82) is 0 Å². The van der Waals surface area contributed by atoms with Gasteiger partial charge < -0.3 is 10.6 Å². The van der Waals surface area contributed by atoms with Gasteiger partial charge >= 0.3 is 0 Å². The van der Waals surface area contributed by atoms with E-state index in [0.29, 0.717) is 23.9 Å². The van der Waals surface area contributed by atoms with Gasteiger partial charge in [-0.3, -0.25) is 4.79 Å². The van der Waals surface area contributed by atoms with Crippen LogP contribution in [0.1, 0.15) is 30.1 Å². The standard InChI is InChI=1S/C16H20N4O3S/c1-2-17-15-13-6-5-11(8-14(13)19-10-20-15)16(21)18-9-12-4-3-7-24(12,22)23/h5-6,8,10,12H,2-4,7,9H2,1H3,(H,18,21)(H,17,19,20). The van der Waals surface area contributed by atoms with Crippen LogP contribution in [-0.2, 0) is 9.84 Å². The Labute approximate surface area is 140 Å². The first-order valence-electron chi connectivity index (χ1n) is 7.99. The fraction of sp³-hybridized carbons (Fsp3) is 0.438. The van der Waals surface area contributed by atoms with E-state index in [1.54, 1.807) is 18.2 Å². The van der Waals surface area contributed by atoms with Gasteiger partial charge in [-0.1, -0.05) is 0 Å². The number of hydrogen-bond acceptors (Lipinski definition) is 6. The Bertz CT molecular complexity index is 867. The number of benzene rings is 1. The molecule has 1 atom stereocenters. The third-order valence-electron chi connectivity index (χ3n) is 4.20. The first-order chi connectivity index (χ1) is 11.5. The van der Waals surface area contributed by atoms with Gasteiger partial charge in [-0.25, -0.2) is 18.4 Å². The van der Waals surface area contributed by atoms with Crippen LogP contribution in [0.25, 0.3) is 10.9 Å². The zero-order chi connectivity index (χ0) is 17.2. The van der Waals surface area contributed by atoms with Crippen molar-refractivity contribution in [2.75, 3.05) is 24.2 Å². The topological polar surface area (TPSA) is 101 Å². The Morgan fingerprint density at radius 2 is 2.17 bits per heavy atom. The molecule has 2 heterocycles. The number of carbonyl (C=O) groups is 1. The zero-order valence-electron chi connectivity index (χ0n) is 13.4. The van der Waals surface area contributed by atoms with Crippen LogP contribution in [-0.4, -0.2) is 48.4 Å². The van der Waals surface area contributed by atoms with Crippen molar-refractivity contribution in [3.8, 4) is 0 Å². The van der Waals surface area contributed by atoms with Crippen LogP contribution < -0.4 is 10.6 Å². The second-order valence-corrected chi connectivity index (χ2v) is 8.23. The molecule has 0 spiro atoms. The molecule has 3 rings (SSSR count). The molecule has 1 aromatic carbocycles. The number of aromatic nitrogens is 2. The Morgan fingerprint density at radius 1 is 1.33 bits per heavy atom. The smallest absolute Gasteiger partial charge is 0.251 e. The van der Waals surface area contributed by atoms with E-state index in [-0.39, 0.29) is 18.2 Å². The Hall–Kier alpha value is -2.22. The summed E-state index contributed by atoms with van der Waals surface area (Å²) in [5, 5.41) is 6.25. The molecule has 1 unspecified atom stereocenters. The molecule has 1 aromatic heterocycles. The second kappa shape index (κ2) is 6.72. The maximum atomic E-state index is 12.3. The zero-order valence-corrected chi connectivity index (χ0v) is 14.3. The molecular formula is C16H20N4O3S. The van der Waals surface area contributed by atoms with Crippen LogP contribution in [0.4, 0.5) is 5.82 Å². The van der Waals surface area contributed by atoms with Crippen LogP contribution in [0.5, 0.6) is 0 Å². The summed E-state index contributed by atoms with van der Waals surface area (Å²) >= 11 is 0. The van der Waals surface area contributed by atoms with Crippen LogP contribution in [0, 0.1) is 0 Å². The van der Waals surface area contributed by atoms with Gasteiger partial charge in [0.25, 0.3) is 5.91 Å². The lowest BCUT2D eigenvalue weighted by atomic mass is 10.1. The molecule has 8 heteroatoms. The highest BCUT2D eigenvalue weighted by Gasteiger charge is 2.31. The van der Waals surface area contributed by atoms with Crippen LogP contribution in [0.2, 0.25) is 0 Å². The van der Waals surface area contributed by atoms with E-state index in [0.717, 1.165) is 17.7 Å². The maximum Gasteiger partial charge on any atom is 0.251 e. The SMILES string of the molecule is CCNc1ncnc2cc(C(=O)NCC3CCCS3(=O)=O)ccc12. The van der Waals surface area contributed by atoms with Gasteiger partial charge in [-0.15, -0.1) is 0 Å². The highest BCUT2D eigenvalue weighted by Crippen LogP contribution is 2.21. The average Bonchev–Trinajstić information content (AvgIpc) is 2.91. The Morgan fingerprint density at radius 3 is 2.88 bits per heavy atom. The van der Waals surface area contributed by atoms with Crippen LogP contribution >= 0.6 is 0 Å². The third-order valence-corrected chi connectivity index (χ3v) is 6.47. The molecule has 1 aliphatic rings. The van der Waals surface area contributed by atoms with E-state index in [1.165, 1.54) is 6.33 Å². The number of amides is 1. The first kappa shape index (κ1) is 16.6. The fourth-order valence-corrected chi connectivity index (χ4v) is 4.67. The minimum Gasteiger partial charge on any atom is -0.370 e. The molecule has 7 nitrogen and oxygen atoms in total. The lowest BCUT2D eigenvalue weighted by molar-refractivity contribution is 0.0953. The highest BCUT2D eigenvalue weighted by atomic mass is 32.2. The number of nitrogens with zero attached hydrogens (tertiary/aromatic N) is 2. The fourth-order valence-electron chi connectivity index (χ4n) is 2.90. The molecule has 2 N–H and O–H groups in total.